The summed E-state index contributed by atoms with van der Waals surface area (Å²) in [6.45, 7) is 6.49. The van der Waals surface area contributed by atoms with Gasteiger partial charge < -0.3 is 4.90 Å². The van der Waals surface area contributed by atoms with Crippen LogP contribution in [-0.2, 0) is 4.79 Å². The van der Waals surface area contributed by atoms with Crippen LogP contribution in [0.4, 0.5) is 5.82 Å². The predicted molar refractivity (Wildman–Crippen MR) is 132 cm³/mol. The second kappa shape index (κ2) is 9.53. The van der Waals surface area contributed by atoms with Crippen molar-refractivity contribution in [1.29, 1.82) is 0 Å². The molecule has 4 rings (SSSR count). The first kappa shape index (κ1) is 22.0. The lowest BCUT2D eigenvalue weighted by Gasteiger charge is -2.20. The number of hydrogen-bond donors (Lipinski definition) is 0. The number of thioether (sulfide) groups is 1. The quantitative estimate of drug-likeness (QED) is 0.350. The van der Waals surface area contributed by atoms with E-state index in [9.17, 15) is 9.59 Å². The molecule has 2 fully saturated rings. The van der Waals surface area contributed by atoms with Gasteiger partial charge in [0.15, 0.2) is 0 Å². The van der Waals surface area contributed by atoms with E-state index in [1.807, 2.05) is 19.1 Å². The normalized spacial score (nSPS) is 18.2. The van der Waals surface area contributed by atoms with Gasteiger partial charge in [-0.1, -0.05) is 56.2 Å². The number of rotatable bonds is 7. The Bertz CT molecular complexity index is 1100. The molecule has 0 radical (unpaired) electrons. The van der Waals surface area contributed by atoms with Crippen LogP contribution in [0.1, 0.15) is 56.6 Å². The van der Waals surface area contributed by atoms with Gasteiger partial charge in [0.1, 0.15) is 15.8 Å². The molecule has 2 aromatic heterocycles. The number of aryl methyl sites for hydroxylation is 1. The van der Waals surface area contributed by atoms with Crippen molar-refractivity contribution in [1.82, 2.24) is 14.3 Å². The van der Waals surface area contributed by atoms with Crippen molar-refractivity contribution in [2.75, 3.05) is 24.5 Å². The van der Waals surface area contributed by atoms with Gasteiger partial charge in [0, 0.05) is 25.8 Å². The van der Waals surface area contributed by atoms with Gasteiger partial charge in [0.2, 0.25) is 0 Å². The first-order valence-corrected chi connectivity index (χ1v) is 12.3. The number of carbonyl (C=O) groups is 1. The highest BCUT2D eigenvalue weighted by Crippen LogP contribution is 2.34. The molecule has 1 amide bonds. The lowest BCUT2D eigenvalue weighted by atomic mass is 10.2. The highest BCUT2D eigenvalue weighted by atomic mass is 32.2. The summed E-state index contributed by atoms with van der Waals surface area (Å²) in [5.74, 6) is 0.567. The molecule has 0 spiro atoms. The molecular formula is C23H28N4O2S2. The summed E-state index contributed by atoms with van der Waals surface area (Å²) in [4.78, 5) is 35.7. The Labute approximate surface area is 192 Å². The molecule has 0 aliphatic carbocycles. The number of carbonyl (C=O) groups excluding carboxylic acids is 1. The summed E-state index contributed by atoms with van der Waals surface area (Å²) in [6.07, 6.45) is 9.93. The van der Waals surface area contributed by atoms with Gasteiger partial charge >= 0.3 is 0 Å². The van der Waals surface area contributed by atoms with Crippen molar-refractivity contribution in [3.8, 4) is 0 Å². The number of hydrogen-bond acceptors (Lipinski definition) is 6. The zero-order valence-electron chi connectivity index (χ0n) is 18.1. The van der Waals surface area contributed by atoms with Gasteiger partial charge in [-0.3, -0.25) is 18.9 Å². The third-order valence-corrected chi connectivity index (χ3v) is 7.23. The van der Waals surface area contributed by atoms with E-state index >= 15 is 0 Å². The zero-order valence-corrected chi connectivity index (χ0v) is 19.7. The van der Waals surface area contributed by atoms with E-state index in [1.54, 1.807) is 21.6 Å². The number of pyridine rings is 1. The van der Waals surface area contributed by atoms with Crippen molar-refractivity contribution >= 4 is 51.7 Å². The number of thiocarbonyl (C=S) groups is 1. The van der Waals surface area contributed by atoms with Crippen molar-refractivity contribution in [2.45, 2.75) is 52.4 Å². The maximum atomic E-state index is 13.4. The molecule has 0 aromatic carbocycles. The molecule has 164 valence electrons. The number of anilines is 1. The Kier molecular flexibility index (Phi) is 6.77. The number of nitrogens with zero attached hydrogens (tertiary/aromatic N) is 4. The molecule has 0 atom stereocenters. The Balaban J connectivity index is 1.73. The van der Waals surface area contributed by atoms with Crippen LogP contribution in [0.2, 0.25) is 0 Å². The second-order valence-corrected chi connectivity index (χ2v) is 9.80. The molecule has 6 nitrogen and oxygen atoms in total. The van der Waals surface area contributed by atoms with Crippen molar-refractivity contribution in [2.24, 2.45) is 0 Å². The summed E-state index contributed by atoms with van der Waals surface area (Å²) in [7, 11) is 0. The first-order chi connectivity index (χ1) is 15.0. The zero-order chi connectivity index (χ0) is 22.0. The lowest BCUT2D eigenvalue weighted by molar-refractivity contribution is -0.122. The van der Waals surface area contributed by atoms with E-state index in [1.165, 1.54) is 11.8 Å². The van der Waals surface area contributed by atoms with E-state index in [2.05, 4.69) is 11.8 Å². The SMILES string of the molecule is CCCCCCN1C(=O)/C(=C/c2c(N3CCCC3)nc3c(C)cccn3c2=O)SC1=S. The molecule has 0 unspecified atom stereocenters. The average molecular weight is 457 g/mol. The summed E-state index contributed by atoms with van der Waals surface area (Å²) in [5, 5.41) is 0. The van der Waals surface area contributed by atoms with Crippen LogP contribution in [0, 0.1) is 6.92 Å². The first-order valence-electron chi connectivity index (χ1n) is 11.0. The van der Waals surface area contributed by atoms with E-state index in [0.29, 0.717) is 32.8 Å². The van der Waals surface area contributed by atoms with E-state index in [0.717, 1.165) is 57.2 Å². The molecule has 2 saturated heterocycles. The smallest absolute Gasteiger partial charge is 0.267 e. The highest BCUT2D eigenvalue weighted by Gasteiger charge is 2.32. The Morgan fingerprint density at radius 3 is 2.71 bits per heavy atom. The fourth-order valence-corrected chi connectivity index (χ4v) is 5.41. The molecule has 0 bridgehead atoms. The van der Waals surface area contributed by atoms with E-state index in [-0.39, 0.29) is 11.5 Å². The van der Waals surface area contributed by atoms with Gasteiger partial charge in [0.05, 0.1) is 10.5 Å². The molecule has 2 aliphatic heterocycles. The third kappa shape index (κ3) is 4.41. The monoisotopic (exact) mass is 456 g/mol. The van der Waals surface area contributed by atoms with Gasteiger partial charge in [-0.2, -0.15) is 0 Å². The molecule has 31 heavy (non-hydrogen) atoms. The predicted octanol–water partition coefficient (Wildman–Crippen LogP) is 4.38. The fraction of sp³-hybridized carbons (Fsp3) is 0.478. The lowest BCUT2D eigenvalue weighted by Crippen LogP contribution is -2.29. The molecule has 2 aromatic rings. The molecule has 0 N–H and O–H groups in total. The van der Waals surface area contributed by atoms with Crippen molar-refractivity contribution < 1.29 is 4.79 Å². The minimum absolute atomic E-state index is 0.104. The third-order valence-electron chi connectivity index (χ3n) is 5.85. The average Bonchev–Trinajstić information content (AvgIpc) is 3.37. The molecule has 8 heteroatoms. The molecule has 4 heterocycles. The molecular weight excluding hydrogens is 428 g/mol. The second-order valence-electron chi connectivity index (χ2n) is 8.13. The Morgan fingerprint density at radius 2 is 1.97 bits per heavy atom. The van der Waals surface area contributed by atoms with Gasteiger partial charge in [-0.25, -0.2) is 4.98 Å². The van der Waals surface area contributed by atoms with Crippen LogP contribution in [0.15, 0.2) is 28.0 Å². The summed E-state index contributed by atoms with van der Waals surface area (Å²) < 4.78 is 2.15. The van der Waals surface area contributed by atoms with Crippen LogP contribution < -0.4 is 10.5 Å². The standard InChI is InChI=1S/C23H28N4O2S2/c1-3-4-5-6-13-27-22(29)18(31-23(27)30)15-17-20(25-11-7-8-12-25)24-19-16(2)10-9-14-26(19)21(17)28/h9-10,14-15H,3-8,11-13H2,1-2H3/b18-15-. The Hall–Kier alpha value is -2.19. The van der Waals surface area contributed by atoms with E-state index < -0.39 is 0 Å². The largest absolute Gasteiger partial charge is 0.356 e. The number of fused-ring (bicyclic) bond motifs is 1. The summed E-state index contributed by atoms with van der Waals surface area (Å²) in [6, 6.07) is 3.80. The van der Waals surface area contributed by atoms with Crippen LogP contribution >= 0.6 is 24.0 Å². The summed E-state index contributed by atoms with van der Waals surface area (Å²) >= 11 is 6.76. The maximum absolute atomic E-state index is 13.4. The minimum atomic E-state index is -0.149. The molecule has 0 saturated carbocycles. The Morgan fingerprint density at radius 1 is 1.19 bits per heavy atom. The van der Waals surface area contributed by atoms with Gasteiger partial charge in [0.25, 0.3) is 11.5 Å². The van der Waals surface area contributed by atoms with E-state index in [4.69, 9.17) is 17.2 Å². The summed E-state index contributed by atoms with van der Waals surface area (Å²) in [5.41, 5.74) is 1.93. The highest BCUT2D eigenvalue weighted by molar-refractivity contribution is 8.26. The van der Waals surface area contributed by atoms with Crippen LogP contribution in [-0.4, -0.2) is 44.1 Å². The maximum Gasteiger partial charge on any atom is 0.267 e. The van der Waals surface area contributed by atoms with Crippen molar-refractivity contribution in [3.63, 3.8) is 0 Å². The number of unbranched alkanes of at least 4 members (excludes halogenated alkanes) is 3. The van der Waals surface area contributed by atoms with Gasteiger partial charge in [-0.05, 0) is 43.9 Å². The topological polar surface area (TPSA) is 57.9 Å². The van der Waals surface area contributed by atoms with Crippen LogP contribution in [0.25, 0.3) is 11.7 Å². The fourth-order valence-electron chi connectivity index (χ4n) is 4.12. The number of aromatic nitrogens is 2. The van der Waals surface area contributed by atoms with Gasteiger partial charge in [-0.15, -0.1) is 0 Å². The van der Waals surface area contributed by atoms with Crippen molar-refractivity contribution in [3.05, 3.63) is 44.7 Å². The number of amides is 1. The van der Waals surface area contributed by atoms with Crippen LogP contribution in [0.3, 0.4) is 0 Å². The molecule has 2 aliphatic rings. The van der Waals surface area contributed by atoms with Crippen LogP contribution in [0.5, 0.6) is 0 Å². The minimum Gasteiger partial charge on any atom is -0.356 e.